The van der Waals surface area contributed by atoms with Crippen molar-refractivity contribution in [2.75, 3.05) is 13.1 Å². The number of hydrogen-bond donors (Lipinski definition) is 1. The molecular formula is C19H23ClF3NO2. The molecule has 3 rings (SSSR count). The standard InChI is InChI=1S/C19H23ClF3NO2/c20-15-7-1-12(2-8-15)9-10-24(11-16(25)19(21,22)23)18(26)17(13-3-4-13)14-5-6-14/h1-2,7-8,13-14,16-17,25H,3-6,9-11H2/t16-/m0/s1. The van der Waals surface area contributed by atoms with Crippen molar-refractivity contribution in [3.8, 4) is 0 Å². The molecule has 1 atom stereocenters. The molecule has 7 heteroatoms. The lowest BCUT2D eigenvalue weighted by Crippen LogP contribution is -2.47. The first-order valence-electron chi connectivity index (χ1n) is 9.03. The third kappa shape index (κ3) is 5.13. The highest BCUT2D eigenvalue weighted by Crippen LogP contribution is 2.50. The van der Waals surface area contributed by atoms with Crippen molar-refractivity contribution < 1.29 is 23.1 Å². The minimum Gasteiger partial charge on any atom is -0.382 e. The minimum atomic E-state index is -4.73. The van der Waals surface area contributed by atoms with Gasteiger partial charge >= 0.3 is 6.18 Å². The maximum Gasteiger partial charge on any atom is 0.416 e. The van der Waals surface area contributed by atoms with Crippen LogP contribution in [0.5, 0.6) is 0 Å². The average molecular weight is 390 g/mol. The van der Waals surface area contributed by atoms with E-state index in [2.05, 4.69) is 0 Å². The first kappa shape index (κ1) is 19.5. The van der Waals surface area contributed by atoms with E-state index in [1.54, 1.807) is 24.3 Å². The van der Waals surface area contributed by atoms with Crippen LogP contribution in [-0.4, -0.2) is 41.3 Å². The molecule has 0 spiro atoms. The number of carbonyl (C=O) groups excluding carboxylic acids is 1. The van der Waals surface area contributed by atoms with Gasteiger partial charge in [-0.15, -0.1) is 0 Å². The van der Waals surface area contributed by atoms with Gasteiger partial charge in [0.15, 0.2) is 6.10 Å². The van der Waals surface area contributed by atoms with Crippen molar-refractivity contribution >= 4 is 17.5 Å². The molecule has 26 heavy (non-hydrogen) atoms. The third-order valence-corrected chi connectivity index (χ3v) is 5.46. The summed E-state index contributed by atoms with van der Waals surface area (Å²) in [6.07, 6.45) is -2.93. The number of amides is 1. The highest BCUT2D eigenvalue weighted by Gasteiger charge is 2.48. The average Bonchev–Trinajstić information content (AvgIpc) is 3.46. The molecule has 2 saturated carbocycles. The number of nitrogens with zero attached hydrogens (tertiary/aromatic N) is 1. The van der Waals surface area contributed by atoms with Crippen LogP contribution in [0.4, 0.5) is 13.2 Å². The highest BCUT2D eigenvalue weighted by molar-refractivity contribution is 6.30. The maximum absolute atomic E-state index is 13.0. The summed E-state index contributed by atoms with van der Waals surface area (Å²) in [5.41, 5.74) is 0.892. The molecule has 2 aliphatic rings. The van der Waals surface area contributed by atoms with Gasteiger partial charge in [-0.05, 0) is 61.6 Å². The van der Waals surface area contributed by atoms with Gasteiger partial charge in [-0.25, -0.2) is 0 Å². The second-order valence-electron chi connectivity index (χ2n) is 7.42. The number of hydrogen-bond acceptors (Lipinski definition) is 2. The van der Waals surface area contributed by atoms with Crippen LogP contribution in [0.3, 0.4) is 0 Å². The summed E-state index contributed by atoms with van der Waals surface area (Å²) >= 11 is 5.85. The van der Waals surface area contributed by atoms with Gasteiger partial charge in [-0.2, -0.15) is 13.2 Å². The Hall–Kier alpha value is -1.27. The molecule has 1 aromatic carbocycles. The predicted molar refractivity (Wildman–Crippen MR) is 92.7 cm³/mol. The Labute approximate surface area is 156 Å². The summed E-state index contributed by atoms with van der Waals surface area (Å²) in [6.45, 7) is -0.546. The first-order chi connectivity index (χ1) is 12.3. The quantitative estimate of drug-likeness (QED) is 0.728. The Kier molecular flexibility index (Phi) is 5.82. The summed E-state index contributed by atoms with van der Waals surface area (Å²) in [5.74, 6) is 0.194. The van der Waals surface area contributed by atoms with E-state index in [-0.39, 0.29) is 18.4 Å². The van der Waals surface area contributed by atoms with Crippen molar-refractivity contribution in [3.05, 3.63) is 34.9 Å². The molecule has 0 radical (unpaired) electrons. The molecule has 3 nitrogen and oxygen atoms in total. The second-order valence-corrected chi connectivity index (χ2v) is 7.86. The number of alkyl halides is 3. The van der Waals surface area contributed by atoms with E-state index in [9.17, 15) is 23.1 Å². The Morgan fingerprint density at radius 3 is 2.15 bits per heavy atom. The molecule has 0 aromatic heterocycles. The molecule has 0 heterocycles. The monoisotopic (exact) mass is 389 g/mol. The zero-order valence-electron chi connectivity index (χ0n) is 14.4. The van der Waals surface area contributed by atoms with Crippen LogP contribution in [0.15, 0.2) is 24.3 Å². The van der Waals surface area contributed by atoms with Crippen LogP contribution >= 0.6 is 11.6 Å². The van der Waals surface area contributed by atoms with Crippen LogP contribution in [0.2, 0.25) is 5.02 Å². The fourth-order valence-electron chi connectivity index (χ4n) is 3.43. The van der Waals surface area contributed by atoms with Gasteiger partial charge in [-0.3, -0.25) is 4.79 Å². The predicted octanol–water partition coefficient (Wildman–Crippen LogP) is 4.07. The third-order valence-electron chi connectivity index (χ3n) is 5.21. The highest BCUT2D eigenvalue weighted by atomic mass is 35.5. The molecule has 0 saturated heterocycles. The van der Waals surface area contributed by atoms with Gasteiger partial charge in [0.1, 0.15) is 0 Å². The minimum absolute atomic E-state index is 0.156. The van der Waals surface area contributed by atoms with E-state index < -0.39 is 18.8 Å². The summed E-state index contributed by atoms with van der Waals surface area (Å²) in [4.78, 5) is 14.2. The van der Waals surface area contributed by atoms with Gasteiger partial charge in [0, 0.05) is 17.5 Å². The second kappa shape index (κ2) is 7.77. The first-order valence-corrected chi connectivity index (χ1v) is 9.41. The number of aliphatic hydroxyl groups is 1. The zero-order valence-corrected chi connectivity index (χ0v) is 15.1. The van der Waals surface area contributed by atoms with Crippen LogP contribution in [0, 0.1) is 17.8 Å². The maximum atomic E-state index is 13.0. The van der Waals surface area contributed by atoms with Crippen molar-refractivity contribution in [3.63, 3.8) is 0 Å². The number of carbonyl (C=O) groups is 1. The van der Waals surface area contributed by atoms with Crippen LogP contribution < -0.4 is 0 Å². The van der Waals surface area contributed by atoms with E-state index in [0.29, 0.717) is 23.3 Å². The van der Waals surface area contributed by atoms with Crippen LogP contribution in [0.25, 0.3) is 0 Å². The summed E-state index contributed by atoms with van der Waals surface area (Å²) < 4.78 is 38.5. The van der Waals surface area contributed by atoms with Crippen LogP contribution in [0.1, 0.15) is 31.2 Å². The van der Waals surface area contributed by atoms with Crippen molar-refractivity contribution in [2.24, 2.45) is 17.8 Å². The molecule has 0 bridgehead atoms. The summed E-state index contributed by atoms with van der Waals surface area (Å²) in [7, 11) is 0. The lowest BCUT2D eigenvalue weighted by Gasteiger charge is -2.30. The number of rotatable bonds is 8. The molecule has 0 aliphatic heterocycles. The zero-order chi connectivity index (χ0) is 18.9. The number of halogens is 4. The molecule has 144 valence electrons. The van der Waals surface area contributed by atoms with E-state index in [0.717, 1.165) is 31.2 Å². The SMILES string of the molecule is O=C(C(C1CC1)C1CC1)N(CCc1ccc(Cl)cc1)C[C@H](O)C(F)(F)F. The van der Waals surface area contributed by atoms with E-state index in [1.807, 2.05) is 0 Å². The van der Waals surface area contributed by atoms with Gasteiger partial charge in [0.25, 0.3) is 0 Å². The van der Waals surface area contributed by atoms with Crippen molar-refractivity contribution in [2.45, 2.75) is 44.4 Å². The van der Waals surface area contributed by atoms with Gasteiger partial charge in [0.2, 0.25) is 5.91 Å². The van der Waals surface area contributed by atoms with Gasteiger partial charge in [-0.1, -0.05) is 23.7 Å². The van der Waals surface area contributed by atoms with E-state index in [4.69, 9.17) is 11.6 Å². The lowest BCUT2D eigenvalue weighted by molar-refractivity contribution is -0.208. The van der Waals surface area contributed by atoms with Gasteiger partial charge in [0.05, 0.1) is 6.54 Å². The Morgan fingerprint density at radius 1 is 1.15 bits per heavy atom. The fraction of sp³-hybridized carbons (Fsp3) is 0.632. The largest absolute Gasteiger partial charge is 0.416 e. The molecule has 2 fully saturated rings. The topological polar surface area (TPSA) is 40.5 Å². The number of benzene rings is 1. The fourth-order valence-corrected chi connectivity index (χ4v) is 3.55. The summed E-state index contributed by atoms with van der Waals surface area (Å²) in [5, 5.41) is 10.1. The number of aliphatic hydroxyl groups excluding tert-OH is 1. The smallest absolute Gasteiger partial charge is 0.382 e. The molecule has 2 aliphatic carbocycles. The Balaban J connectivity index is 1.69. The van der Waals surface area contributed by atoms with Crippen LogP contribution in [-0.2, 0) is 11.2 Å². The Morgan fingerprint density at radius 2 is 1.69 bits per heavy atom. The van der Waals surface area contributed by atoms with Crippen molar-refractivity contribution in [1.82, 2.24) is 4.90 Å². The molecule has 1 aromatic rings. The van der Waals surface area contributed by atoms with Crippen molar-refractivity contribution in [1.29, 1.82) is 0 Å². The van der Waals surface area contributed by atoms with E-state index >= 15 is 0 Å². The lowest BCUT2D eigenvalue weighted by atomic mass is 9.95. The Bertz CT molecular complexity index is 615. The molecule has 1 N–H and O–H groups in total. The molecular weight excluding hydrogens is 367 g/mol. The normalized spacial score (nSPS) is 18.8. The molecule has 1 amide bonds. The van der Waals surface area contributed by atoms with E-state index in [1.165, 1.54) is 4.90 Å². The summed E-state index contributed by atoms with van der Waals surface area (Å²) in [6, 6.07) is 7.02. The van der Waals surface area contributed by atoms with Gasteiger partial charge < -0.3 is 10.0 Å². The molecule has 0 unspecified atom stereocenters.